The molecule has 1 N–H and O–H groups in total. The normalized spacial score (nSPS) is 13.4. The van der Waals surface area contributed by atoms with Gasteiger partial charge in [0.05, 0.1) is 11.1 Å². The van der Waals surface area contributed by atoms with E-state index in [0.29, 0.717) is 16.1 Å². The average Bonchev–Trinajstić information content (AvgIpc) is 3.12. The molecular weight excluding hydrogens is 492 g/mol. The summed E-state index contributed by atoms with van der Waals surface area (Å²) < 4.78 is 5.29. The minimum absolute atomic E-state index is 0.0808. The lowest BCUT2D eigenvalue weighted by atomic mass is 9.87. The molecule has 0 radical (unpaired) electrons. The van der Waals surface area contributed by atoms with Gasteiger partial charge in [0, 0.05) is 10.6 Å². The SMILES string of the molecule is CC(C)(C)c1ccc(C(=O)N/C(=C\c2ccc(Cl)cc2)C(=O)OCN2C(=O)c3ccccc3C2=O)cc1. The fourth-order valence-corrected chi connectivity index (χ4v) is 3.87. The number of carbonyl (C=O) groups excluding carboxylic acids is 4. The van der Waals surface area contributed by atoms with Crippen LogP contribution < -0.4 is 5.32 Å². The molecule has 37 heavy (non-hydrogen) atoms. The molecule has 3 aromatic carbocycles. The van der Waals surface area contributed by atoms with Crippen LogP contribution in [0.15, 0.2) is 78.5 Å². The van der Waals surface area contributed by atoms with E-state index in [1.807, 2.05) is 12.1 Å². The number of fused-ring (bicyclic) bond motifs is 1. The predicted octanol–water partition coefficient (Wildman–Crippen LogP) is 5.21. The Morgan fingerprint density at radius 2 is 1.46 bits per heavy atom. The Morgan fingerprint density at radius 1 is 0.892 bits per heavy atom. The highest BCUT2D eigenvalue weighted by atomic mass is 35.5. The van der Waals surface area contributed by atoms with Crippen LogP contribution in [0.1, 0.15) is 63.0 Å². The second-order valence-electron chi connectivity index (χ2n) is 9.54. The van der Waals surface area contributed by atoms with Gasteiger partial charge in [-0.15, -0.1) is 0 Å². The fourth-order valence-electron chi connectivity index (χ4n) is 3.75. The molecule has 1 aliphatic heterocycles. The number of imide groups is 1. The minimum atomic E-state index is -0.911. The van der Waals surface area contributed by atoms with E-state index in [0.717, 1.165) is 10.5 Å². The van der Waals surface area contributed by atoms with E-state index in [2.05, 4.69) is 26.1 Å². The van der Waals surface area contributed by atoms with Gasteiger partial charge in [-0.1, -0.05) is 68.8 Å². The number of ether oxygens (including phenoxy) is 1. The van der Waals surface area contributed by atoms with Crippen molar-refractivity contribution < 1.29 is 23.9 Å². The highest BCUT2D eigenvalue weighted by Crippen LogP contribution is 2.23. The second-order valence-corrected chi connectivity index (χ2v) is 9.97. The largest absolute Gasteiger partial charge is 0.439 e. The molecule has 1 aliphatic rings. The zero-order valence-electron chi connectivity index (χ0n) is 20.6. The summed E-state index contributed by atoms with van der Waals surface area (Å²) >= 11 is 5.96. The van der Waals surface area contributed by atoms with Crippen molar-refractivity contribution in [3.63, 3.8) is 0 Å². The molecule has 0 unspecified atom stereocenters. The maximum Gasteiger partial charge on any atom is 0.356 e. The molecule has 0 saturated carbocycles. The van der Waals surface area contributed by atoms with Gasteiger partial charge in [0.2, 0.25) is 0 Å². The van der Waals surface area contributed by atoms with E-state index in [1.165, 1.54) is 18.2 Å². The number of amides is 3. The van der Waals surface area contributed by atoms with Crippen LogP contribution >= 0.6 is 11.6 Å². The van der Waals surface area contributed by atoms with Crippen LogP contribution in [0, 0.1) is 0 Å². The van der Waals surface area contributed by atoms with Gasteiger partial charge in [-0.2, -0.15) is 0 Å². The van der Waals surface area contributed by atoms with Gasteiger partial charge >= 0.3 is 5.97 Å². The molecule has 0 saturated heterocycles. The summed E-state index contributed by atoms with van der Waals surface area (Å²) in [7, 11) is 0. The Balaban J connectivity index is 1.53. The molecule has 7 nitrogen and oxygen atoms in total. The summed E-state index contributed by atoms with van der Waals surface area (Å²) in [6, 6.07) is 20.1. The second kappa shape index (κ2) is 10.4. The highest BCUT2D eigenvalue weighted by Gasteiger charge is 2.36. The van der Waals surface area contributed by atoms with E-state index < -0.39 is 30.4 Å². The van der Waals surface area contributed by atoms with Gasteiger partial charge in [0.25, 0.3) is 17.7 Å². The van der Waals surface area contributed by atoms with Crippen LogP contribution in [0.4, 0.5) is 0 Å². The summed E-state index contributed by atoms with van der Waals surface area (Å²) in [4.78, 5) is 52.0. The molecule has 0 atom stereocenters. The van der Waals surface area contributed by atoms with Crippen LogP contribution in [0.5, 0.6) is 0 Å². The van der Waals surface area contributed by atoms with Crippen LogP contribution in [0.2, 0.25) is 5.02 Å². The number of halogens is 1. The van der Waals surface area contributed by atoms with Crippen molar-refractivity contribution in [2.24, 2.45) is 0 Å². The van der Waals surface area contributed by atoms with Crippen molar-refractivity contribution in [2.75, 3.05) is 6.73 Å². The zero-order chi connectivity index (χ0) is 26.7. The number of benzene rings is 3. The van der Waals surface area contributed by atoms with Crippen LogP contribution in [-0.2, 0) is 14.9 Å². The van der Waals surface area contributed by atoms with Crippen molar-refractivity contribution in [3.05, 3.63) is 111 Å². The number of carbonyl (C=O) groups is 4. The number of nitrogens with one attached hydrogen (secondary N) is 1. The summed E-state index contributed by atoms with van der Waals surface area (Å²) in [5.41, 5.74) is 2.23. The Kier molecular flexibility index (Phi) is 7.27. The van der Waals surface area contributed by atoms with Crippen molar-refractivity contribution in [2.45, 2.75) is 26.2 Å². The lowest BCUT2D eigenvalue weighted by Gasteiger charge is -2.19. The van der Waals surface area contributed by atoms with Crippen molar-refractivity contribution >= 4 is 41.4 Å². The smallest absolute Gasteiger partial charge is 0.356 e. The van der Waals surface area contributed by atoms with Gasteiger partial charge in [0.1, 0.15) is 5.70 Å². The van der Waals surface area contributed by atoms with Gasteiger partial charge in [-0.05, 0) is 59.0 Å². The Hall–Kier alpha value is -4.23. The number of rotatable bonds is 6. The van der Waals surface area contributed by atoms with Gasteiger partial charge in [-0.25, -0.2) is 9.69 Å². The highest BCUT2D eigenvalue weighted by molar-refractivity contribution is 6.30. The summed E-state index contributed by atoms with van der Waals surface area (Å²) in [6.07, 6.45) is 1.43. The average molecular weight is 517 g/mol. The molecular formula is C29H25ClN2O5. The third kappa shape index (κ3) is 5.78. The van der Waals surface area contributed by atoms with Crippen molar-refractivity contribution in [1.82, 2.24) is 10.2 Å². The molecule has 0 bridgehead atoms. The van der Waals surface area contributed by atoms with E-state index in [1.54, 1.807) is 48.5 Å². The summed E-state index contributed by atoms with van der Waals surface area (Å²) in [5, 5.41) is 3.10. The first-order valence-corrected chi connectivity index (χ1v) is 11.9. The molecule has 4 rings (SSSR count). The Morgan fingerprint density at radius 3 is 2.00 bits per heavy atom. The van der Waals surface area contributed by atoms with Crippen molar-refractivity contribution in [3.8, 4) is 0 Å². The van der Waals surface area contributed by atoms with Crippen LogP contribution in [0.3, 0.4) is 0 Å². The molecule has 1 heterocycles. The molecule has 3 amide bonds. The Labute approximate surface area is 219 Å². The first kappa shape index (κ1) is 25.9. The maximum absolute atomic E-state index is 13.0. The molecule has 8 heteroatoms. The maximum atomic E-state index is 13.0. The molecule has 188 valence electrons. The molecule has 0 fully saturated rings. The molecule has 0 spiro atoms. The molecule has 0 aliphatic carbocycles. The van der Waals surface area contributed by atoms with E-state index in [9.17, 15) is 19.2 Å². The van der Waals surface area contributed by atoms with Gasteiger partial charge < -0.3 is 10.1 Å². The number of hydrogen-bond donors (Lipinski definition) is 1. The van der Waals surface area contributed by atoms with E-state index in [4.69, 9.17) is 16.3 Å². The first-order chi connectivity index (χ1) is 17.5. The standard InChI is InChI=1S/C29H25ClN2O5/c1-29(2,3)20-12-10-19(11-13-20)25(33)31-24(16-18-8-14-21(30)15-9-18)28(36)37-17-32-26(34)22-6-4-5-7-23(22)27(32)35/h4-16H,17H2,1-3H3,(H,31,33)/b24-16-. The zero-order valence-corrected chi connectivity index (χ0v) is 21.3. The molecule has 0 aromatic heterocycles. The number of hydrogen-bond acceptors (Lipinski definition) is 5. The monoisotopic (exact) mass is 516 g/mol. The Bertz CT molecular complexity index is 1370. The third-order valence-corrected chi connectivity index (χ3v) is 6.12. The third-order valence-electron chi connectivity index (χ3n) is 5.87. The quantitative estimate of drug-likeness (QED) is 0.276. The van der Waals surface area contributed by atoms with Crippen LogP contribution in [0.25, 0.3) is 6.08 Å². The lowest BCUT2D eigenvalue weighted by molar-refractivity contribution is -0.141. The van der Waals surface area contributed by atoms with Gasteiger partial charge in [-0.3, -0.25) is 14.4 Å². The summed E-state index contributed by atoms with van der Waals surface area (Å²) in [5.74, 6) is -2.54. The number of esters is 1. The lowest BCUT2D eigenvalue weighted by Crippen LogP contribution is -2.35. The summed E-state index contributed by atoms with van der Waals surface area (Å²) in [6.45, 7) is 5.61. The number of nitrogens with zero attached hydrogens (tertiary/aromatic N) is 1. The topological polar surface area (TPSA) is 92.8 Å². The predicted molar refractivity (Wildman–Crippen MR) is 140 cm³/mol. The van der Waals surface area contributed by atoms with Crippen molar-refractivity contribution in [1.29, 1.82) is 0 Å². The first-order valence-electron chi connectivity index (χ1n) is 11.6. The molecule has 3 aromatic rings. The van der Waals surface area contributed by atoms with Gasteiger partial charge in [0.15, 0.2) is 6.73 Å². The van der Waals surface area contributed by atoms with E-state index >= 15 is 0 Å². The minimum Gasteiger partial charge on any atom is -0.439 e. The van der Waals surface area contributed by atoms with E-state index in [-0.39, 0.29) is 22.2 Å². The van der Waals surface area contributed by atoms with Crippen LogP contribution in [-0.4, -0.2) is 35.3 Å². The fraction of sp³-hybridized carbons (Fsp3) is 0.172.